The molecule has 2 aliphatic heterocycles. The van der Waals surface area contributed by atoms with Gasteiger partial charge in [0.05, 0.1) is 0 Å². The number of benzene rings is 2. The van der Waals surface area contributed by atoms with E-state index in [9.17, 15) is 0 Å². The zero-order chi connectivity index (χ0) is 19.2. The minimum absolute atomic E-state index is 0.0952. The first-order valence-electron chi connectivity index (χ1n) is 10.7. The molecule has 4 aliphatic rings. The van der Waals surface area contributed by atoms with Crippen LogP contribution in [0.5, 0.6) is 0 Å². The topological polar surface area (TPSA) is 3.24 Å². The molecule has 2 aromatic carbocycles. The van der Waals surface area contributed by atoms with Crippen molar-refractivity contribution in [2.24, 2.45) is 0 Å². The molecule has 1 heteroatoms. The van der Waals surface area contributed by atoms with Gasteiger partial charge >= 0.3 is 0 Å². The van der Waals surface area contributed by atoms with E-state index in [1.165, 1.54) is 53.5 Å². The third-order valence-electron chi connectivity index (χ3n) is 8.92. The third-order valence-corrected chi connectivity index (χ3v) is 8.92. The van der Waals surface area contributed by atoms with Crippen LogP contribution >= 0.6 is 0 Å². The van der Waals surface area contributed by atoms with E-state index in [1.54, 1.807) is 5.56 Å². The SMILES string of the molecule is Cc1cc2c(cc1C13CCC(C)(CC1)N(C)[C@@H]3C)C(C)(C)c1ccccc1-2. The maximum atomic E-state index is 2.69. The summed E-state index contributed by atoms with van der Waals surface area (Å²) in [6, 6.07) is 14.7. The predicted molar refractivity (Wildman–Crippen MR) is 115 cm³/mol. The average Bonchev–Trinajstić information content (AvgIpc) is 2.87. The smallest absolute Gasteiger partial charge is 0.0182 e. The molecule has 1 saturated carbocycles. The van der Waals surface area contributed by atoms with Gasteiger partial charge in [0, 0.05) is 22.4 Å². The normalized spacial score (nSPS) is 33.8. The standard InChI is InChI=1S/C26H33N/c1-17-15-20-19-9-7-8-10-21(19)24(3,4)23(20)16-22(17)26-13-11-25(5,12-14-26)27(6)18(26)2/h7-10,15-16,18H,11-14H2,1-6H3/t18-,25?,26?/m1/s1. The Bertz CT molecular complexity index is 927. The number of rotatable bonds is 1. The lowest BCUT2D eigenvalue weighted by atomic mass is 9.55. The van der Waals surface area contributed by atoms with Crippen LogP contribution in [-0.2, 0) is 10.8 Å². The van der Waals surface area contributed by atoms with E-state index in [2.05, 4.69) is 83.0 Å². The van der Waals surface area contributed by atoms with Crippen molar-refractivity contribution in [1.82, 2.24) is 4.90 Å². The van der Waals surface area contributed by atoms with Gasteiger partial charge in [-0.2, -0.15) is 0 Å². The maximum Gasteiger partial charge on any atom is 0.0182 e. The van der Waals surface area contributed by atoms with Crippen molar-refractivity contribution < 1.29 is 0 Å². The number of fused-ring (bicyclic) bond motifs is 6. The summed E-state index contributed by atoms with van der Waals surface area (Å²) >= 11 is 0. The number of nitrogens with zero attached hydrogens (tertiary/aromatic N) is 1. The Morgan fingerprint density at radius 3 is 2.22 bits per heavy atom. The van der Waals surface area contributed by atoms with Gasteiger partial charge in [0.25, 0.3) is 0 Å². The quantitative estimate of drug-likeness (QED) is 0.585. The van der Waals surface area contributed by atoms with E-state index in [4.69, 9.17) is 0 Å². The molecule has 2 bridgehead atoms. The zero-order valence-electron chi connectivity index (χ0n) is 17.8. The first kappa shape index (κ1) is 17.5. The van der Waals surface area contributed by atoms with Crippen molar-refractivity contribution in [3.63, 3.8) is 0 Å². The van der Waals surface area contributed by atoms with Gasteiger partial charge in [-0.1, -0.05) is 50.2 Å². The van der Waals surface area contributed by atoms with Crippen LogP contribution in [0.15, 0.2) is 36.4 Å². The second-order valence-electron chi connectivity index (χ2n) is 10.3. The Balaban J connectivity index is 1.70. The number of hydrogen-bond donors (Lipinski definition) is 0. The molecule has 2 saturated heterocycles. The molecule has 2 aromatic rings. The van der Waals surface area contributed by atoms with Gasteiger partial charge in [-0.05, 0) is 86.9 Å². The van der Waals surface area contributed by atoms with Crippen LogP contribution < -0.4 is 0 Å². The molecule has 2 aliphatic carbocycles. The lowest BCUT2D eigenvalue weighted by molar-refractivity contribution is -0.0669. The third kappa shape index (κ3) is 2.04. The molecule has 6 rings (SSSR count). The highest BCUT2D eigenvalue weighted by molar-refractivity contribution is 5.81. The van der Waals surface area contributed by atoms with Crippen LogP contribution in [0.2, 0.25) is 0 Å². The van der Waals surface area contributed by atoms with Gasteiger partial charge in [-0.25, -0.2) is 0 Å². The monoisotopic (exact) mass is 359 g/mol. The van der Waals surface area contributed by atoms with Gasteiger partial charge in [-0.3, -0.25) is 4.90 Å². The summed E-state index contributed by atoms with van der Waals surface area (Å²) < 4.78 is 0. The van der Waals surface area contributed by atoms with Crippen molar-refractivity contribution in [2.45, 2.75) is 82.7 Å². The predicted octanol–water partition coefficient (Wildman–Crippen LogP) is 6.21. The second-order valence-corrected chi connectivity index (χ2v) is 10.3. The molecule has 142 valence electrons. The van der Waals surface area contributed by atoms with Crippen molar-refractivity contribution in [2.75, 3.05) is 7.05 Å². The molecule has 0 aromatic heterocycles. The van der Waals surface area contributed by atoms with Crippen LogP contribution in [0, 0.1) is 6.92 Å². The Morgan fingerprint density at radius 1 is 0.852 bits per heavy atom. The highest BCUT2D eigenvalue weighted by Gasteiger charge is 2.55. The number of piperidine rings is 2. The van der Waals surface area contributed by atoms with E-state index in [-0.39, 0.29) is 5.41 Å². The molecule has 0 amide bonds. The van der Waals surface area contributed by atoms with Crippen LogP contribution in [-0.4, -0.2) is 23.5 Å². The Hall–Kier alpha value is -1.60. The molecular formula is C26H33N. The van der Waals surface area contributed by atoms with E-state index < -0.39 is 0 Å². The summed E-state index contributed by atoms with van der Waals surface area (Å²) in [5.41, 5.74) is 9.86. The van der Waals surface area contributed by atoms with Crippen LogP contribution in [0.1, 0.15) is 75.6 Å². The summed E-state index contributed by atoms with van der Waals surface area (Å²) in [7, 11) is 2.36. The lowest BCUT2D eigenvalue weighted by Crippen LogP contribution is -2.66. The molecule has 0 unspecified atom stereocenters. The summed E-state index contributed by atoms with van der Waals surface area (Å²) in [6.07, 6.45) is 5.33. The first-order chi connectivity index (χ1) is 12.7. The maximum absolute atomic E-state index is 2.69. The molecule has 2 heterocycles. The number of aryl methyl sites for hydroxylation is 1. The molecule has 1 nitrogen and oxygen atoms in total. The van der Waals surface area contributed by atoms with E-state index in [0.717, 1.165) is 0 Å². The molecule has 0 N–H and O–H groups in total. The van der Waals surface area contributed by atoms with Crippen molar-refractivity contribution in [3.8, 4) is 11.1 Å². The molecular weight excluding hydrogens is 326 g/mol. The van der Waals surface area contributed by atoms with Gasteiger partial charge in [0.1, 0.15) is 0 Å². The molecule has 0 spiro atoms. The minimum Gasteiger partial charge on any atom is -0.297 e. The van der Waals surface area contributed by atoms with Gasteiger partial charge < -0.3 is 0 Å². The van der Waals surface area contributed by atoms with Crippen molar-refractivity contribution in [3.05, 3.63) is 58.7 Å². The fraction of sp³-hybridized carbons (Fsp3) is 0.538. The summed E-state index contributed by atoms with van der Waals surface area (Å²) in [5, 5.41) is 0. The largest absolute Gasteiger partial charge is 0.297 e. The van der Waals surface area contributed by atoms with Crippen molar-refractivity contribution in [1.29, 1.82) is 0 Å². The molecule has 3 fully saturated rings. The first-order valence-corrected chi connectivity index (χ1v) is 10.7. The van der Waals surface area contributed by atoms with E-state index in [1.807, 2.05) is 0 Å². The Kier molecular flexibility index (Phi) is 3.41. The lowest BCUT2D eigenvalue weighted by Gasteiger charge is -2.62. The van der Waals surface area contributed by atoms with Crippen LogP contribution in [0.3, 0.4) is 0 Å². The second kappa shape index (κ2) is 5.26. The van der Waals surface area contributed by atoms with Crippen molar-refractivity contribution >= 4 is 0 Å². The minimum atomic E-state index is 0.0952. The highest BCUT2D eigenvalue weighted by atomic mass is 15.2. The van der Waals surface area contributed by atoms with Gasteiger partial charge in [0.15, 0.2) is 0 Å². The summed E-state index contributed by atoms with van der Waals surface area (Å²) in [5.74, 6) is 0. The number of likely N-dealkylation sites (N-methyl/N-ethyl adjacent to an activating group) is 1. The van der Waals surface area contributed by atoms with Gasteiger partial charge in [0.2, 0.25) is 0 Å². The number of hydrogen-bond acceptors (Lipinski definition) is 1. The zero-order valence-corrected chi connectivity index (χ0v) is 17.8. The van der Waals surface area contributed by atoms with Gasteiger partial charge in [-0.15, -0.1) is 0 Å². The molecule has 27 heavy (non-hydrogen) atoms. The molecule has 0 radical (unpaired) electrons. The van der Waals surface area contributed by atoms with Crippen LogP contribution in [0.4, 0.5) is 0 Å². The van der Waals surface area contributed by atoms with Crippen LogP contribution in [0.25, 0.3) is 11.1 Å². The van der Waals surface area contributed by atoms with E-state index in [0.29, 0.717) is 17.0 Å². The highest BCUT2D eigenvalue weighted by Crippen LogP contribution is 2.57. The molecule has 1 atom stereocenters. The van der Waals surface area contributed by atoms with E-state index >= 15 is 0 Å². The fourth-order valence-corrected chi connectivity index (χ4v) is 6.73. The Labute approximate surface area is 164 Å². The summed E-state index contributed by atoms with van der Waals surface area (Å²) in [6.45, 7) is 12.1. The average molecular weight is 360 g/mol. The fourth-order valence-electron chi connectivity index (χ4n) is 6.73. The summed E-state index contributed by atoms with van der Waals surface area (Å²) in [4.78, 5) is 2.69. The Morgan fingerprint density at radius 2 is 1.52 bits per heavy atom.